The Bertz CT molecular complexity index is 654. The van der Waals surface area contributed by atoms with Crippen molar-refractivity contribution in [2.24, 2.45) is 0 Å². The monoisotopic (exact) mass is 372 g/mol. The average Bonchev–Trinajstić information content (AvgIpc) is 2.81. The van der Waals surface area contributed by atoms with Gasteiger partial charge >= 0.3 is 5.97 Å². The maximum atomic E-state index is 13.0. The Balaban J connectivity index is 2.16. The van der Waals surface area contributed by atoms with Crippen molar-refractivity contribution in [3.8, 4) is 5.75 Å². The van der Waals surface area contributed by atoms with Crippen LogP contribution in [0.3, 0.4) is 0 Å². The van der Waals surface area contributed by atoms with Gasteiger partial charge in [-0.1, -0.05) is 35.3 Å². The summed E-state index contributed by atoms with van der Waals surface area (Å²) in [4.78, 5) is 12.4. The fourth-order valence-corrected chi connectivity index (χ4v) is 3.35. The van der Waals surface area contributed by atoms with Gasteiger partial charge in [0.15, 0.2) is 4.88 Å². The van der Waals surface area contributed by atoms with E-state index in [1.54, 1.807) is 12.1 Å². The molecule has 0 amide bonds. The fraction of sp³-hybridized carbons (Fsp3) is 0.267. The summed E-state index contributed by atoms with van der Waals surface area (Å²) in [5.41, 5.74) is 0.760. The highest BCUT2D eigenvalue weighted by atomic mass is 79.9. The van der Waals surface area contributed by atoms with E-state index >= 15 is 0 Å². The second kappa shape index (κ2) is 7.04. The highest BCUT2D eigenvalue weighted by Crippen LogP contribution is 2.31. The van der Waals surface area contributed by atoms with Gasteiger partial charge in [0.2, 0.25) is 0 Å². The first-order chi connectivity index (χ1) is 10.0. The van der Waals surface area contributed by atoms with E-state index in [0.717, 1.165) is 23.3 Å². The van der Waals surface area contributed by atoms with Crippen molar-refractivity contribution >= 4 is 33.2 Å². The van der Waals surface area contributed by atoms with Crippen molar-refractivity contribution in [3.63, 3.8) is 0 Å². The molecule has 21 heavy (non-hydrogen) atoms. The van der Waals surface area contributed by atoms with E-state index in [1.807, 2.05) is 6.92 Å². The number of aryl methyl sites for hydroxylation is 1. The lowest BCUT2D eigenvalue weighted by molar-refractivity contribution is 0.0697. The number of halogens is 2. The number of rotatable bonds is 6. The average molecular weight is 373 g/mol. The van der Waals surface area contributed by atoms with Crippen LogP contribution in [0.5, 0.6) is 5.75 Å². The minimum absolute atomic E-state index is 0.184. The molecule has 0 aliphatic heterocycles. The number of carboxylic acids is 1. The summed E-state index contributed by atoms with van der Waals surface area (Å²) in [5, 5.41) is 9.21. The zero-order chi connectivity index (χ0) is 15.4. The summed E-state index contributed by atoms with van der Waals surface area (Å²) in [6, 6.07) is 6.08. The molecule has 0 saturated heterocycles. The molecule has 112 valence electrons. The molecule has 0 aliphatic carbocycles. The number of carbonyl (C=O) groups is 1. The molecule has 1 aromatic heterocycles. The van der Waals surface area contributed by atoms with Crippen LogP contribution >= 0.6 is 27.3 Å². The van der Waals surface area contributed by atoms with Gasteiger partial charge in [0.25, 0.3) is 0 Å². The first-order valence-electron chi connectivity index (χ1n) is 6.44. The van der Waals surface area contributed by atoms with Crippen LogP contribution in [-0.2, 0) is 13.0 Å². The summed E-state index contributed by atoms with van der Waals surface area (Å²) in [6.45, 7) is 2.22. The van der Waals surface area contributed by atoms with Crippen molar-refractivity contribution in [1.29, 1.82) is 0 Å². The Hall–Kier alpha value is -1.40. The summed E-state index contributed by atoms with van der Waals surface area (Å²) in [7, 11) is 0. The van der Waals surface area contributed by atoms with Gasteiger partial charge in [0, 0.05) is 14.9 Å². The molecule has 0 aliphatic rings. The zero-order valence-electron chi connectivity index (χ0n) is 11.4. The molecule has 6 heteroatoms. The Labute approximate surface area is 134 Å². The van der Waals surface area contributed by atoms with Gasteiger partial charge in [-0.15, -0.1) is 11.3 Å². The highest BCUT2D eigenvalue weighted by Gasteiger charge is 2.17. The summed E-state index contributed by atoms with van der Waals surface area (Å²) < 4.78 is 19.2. The molecule has 0 spiro atoms. The van der Waals surface area contributed by atoms with Gasteiger partial charge < -0.3 is 9.84 Å². The molecule has 0 fully saturated rings. The quantitative estimate of drug-likeness (QED) is 0.785. The van der Waals surface area contributed by atoms with Crippen molar-refractivity contribution in [1.82, 2.24) is 0 Å². The maximum Gasteiger partial charge on any atom is 0.349 e. The van der Waals surface area contributed by atoms with Gasteiger partial charge in [-0.25, -0.2) is 9.18 Å². The number of ether oxygens (including phenoxy) is 1. The van der Waals surface area contributed by atoms with Gasteiger partial charge in [-0.2, -0.15) is 0 Å². The minimum atomic E-state index is -0.990. The predicted octanol–water partition coefficient (Wildman–Crippen LogP) is 4.88. The number of carboxylic acid groups (broad SMARTS) is 1. The van der Waals surface area contributed by atoms with Crippen LogP contribution in [0.1, 0.15) is 33.5 Å². The third-order valence-corrected chi connectivity index (χ3v) is 4.74. The Morgan fingerprint density at radius 2 is 2.19 bits per heavy atom. The molecule has 2 rings (SSSR count). The minimum Gasteiger partial charge on any atom is -0.487 e. The lowest BCUT2D eigenvalue weighted by Crippen LogP contribution is -2.00. The van der Waals surface area contributed by atoms with E-state index in [9.17, 15) is 14.3 Å². The van der Waals surface area contributed by atoms with E-state index in [-0.39, 0.29) is 17.3 Å². The summed E-state index contributed by atoms with van der Waals surface area (Å²) in [6.07, 6.45) is 1.77. The molecule has 0 bridgehead atoms. The molecule has 1 N–H and O–H groups in total. The van der Waals surface area contributed by atoms with Crippen LogP contribution in [0.2, 0.25) is 0 Å². The second-order valence-electron chi connectivity index (χ2n) is 4.49. The van der Waals surface area contributed by atoms with Crippen LogP contribution in [0.25, 0.3) is 0 Å². The van der Waals surface area contributed by atoms with E-state index in [0.29, 0.717) is 10.2 Å². The molecule has 0 radical (unpaired) electrons. The van der Waals surface area contributed by atoms with E-state index in [4.69, 9.17) is 4.74 Å². The normalized spacial score (nSPS) is 10.6. The summed E-state index contributed by atoms with van der Waals surface area (Å²) >= 11 is 4.50. The molecule has 3 nitrogen and oxygen atoms in total. The molecule has 1 heterocycles. The largest absolute Gasteiger partial charge is 0.487 e. The predicted molar refractivity (Wildman–Crippen MR) is 83.7 cm³/mol. The number of hydrogen-bond acceptors (Lipinski definition) is 3. The Morgan fingerprint density at radius 3 is 2.81 bits per heavy atom. The molecular weight excluding hydrogens is 359 g/mol. The van der Waals surface area contributed by atoms with E-state index in [1.165, 1.54) is 23.5 Å². The van der Waals surface area contributed by atoms with Crippen LogP contribution in [0.4, 0.5) is 4.39 Å². The maximum absolute atomic E-state index is 13.0. The lowest BCUT2D eigenvalue weighted by atomic mass is 10.2. The van der Waals surface area contributed by atoms with Gasteiger partial charge in [-0.3, -0.25) is 0 Å². The first kappa shape index (κ1) is 16.0. The van der Waals surface area contributed by atoms with Gasteiger partial charge in [0.1, 0.15) is 18.2 Å². The Kier molecular flexibility index (Phi) is 5.36. The van der Waals surface area contributed by atoms with Crippen molar-refractivity contribution in [2.45, 2.75) is 26.4 Å². The number of benzene rings is 1. The number of aromatic carboxylic acids is 1. The second-order valence-corrected chi connectivity index (χ2v) is 6.48. The molecule has 2 aromatic rings. The molecule has 0 saturated carbocycles. The fourth-order valence-electron chi connectivity index (χ4n) is 1.84. The lowest BCUT2D eigenvalue weighted by Gasteiger charge is -2.07. The highest BCUT2D eigenvalue weighted by molar-refractivity contribution is 9.10. The van der Waals surface area contributed by atoms with Crippen molar-refractivity contribution in [3.05, 3.63) is 49.9 Å². The topological polar surface area (TPSA) is 46.5 Å². The molecule has 0 atom stereocenters. The summed E-state index contributed by atoms with van der Waals surface area (Å²) in [5.74, 6) is -0.958. The number of thiophene rings is 1. The van der Waals surface area contributed by atoms with Crippen LogP contribution < -0.4 is 4.74 Å². The zero-order valence-corrected chi connectivity index (χ0v) is 13.8. The van der Waals surface area contributed by atoms with Gasteiger partial charge in [-0.05, 0) is 24.6 Å². The van der Waals surface area contributed by atoms with Gasteiger partial charge in [0.05, 0.1) is 0 Å². The van der Waals surface area contributed by atoms with Crippen molar-refractivity contribution in [2.75, 3.05) is 0 Å². The van der Waals surface area contributed by atoms with E-state index < -0.39 is 5.97 Å². The smallest absolute Gasteiger partial charge is 0.349 e. The third kappa shape index (κ3) is 4.04. The van der Waals surface area contributed by atoms with Crippen LogP contribution in [0, 0.1) is 5.82 Å². The molecule has 1 aromatic carbocycles. The molecular formula is C15H14BrFO3S. The SMILES string of the molecule is CCCc1cc(OCc2ccc(F)cc2Br)c(C(=O)O)s1. The number of hydrogen-bond donors (Lipinski definition) is 1. The van der Waals surface area contributed by atoms with Crippen LogP contribution in [0.15, 0.2) is 28.7 Å². The standard InChI is InChI=1S/C15H14BrFO3S/c1-2-3-11-7-13(14(21-11)15(18)19)20-8-9-4-5-10(17)6-12(9)16/h4-7H,2-3,8H2,1H3,(H,18,19). The van der Waals surface area contributed by atoms with E-state index in [2.05, 4.69) is 15.9 Å². The third-order valence-electron chi connectivity index (χ3n) is 2.84. The first-order valence-corrected chi connectivity index (χ1v) is 8.05. The van der Waals surface area contributed by atoms with Crippen molar-refractivity contribution < 1.29 is 19.0 Å². The molecule has 0 unspecified atom stereocenters. The van der Waals surface area contributed by atoms with Crippen LogP contribution in [-0.4, -0.2) is 11.1 Å². The Morgan fingerprint density at radius 1 is 1.43 bits per heavy atom.